The van der Waals surface area contributed by atoms with Crippen molar-refractivity contribution >= 4 is 75.0 Å². The molecule has 4 saturated heterocycles. The van der Waals surface area contributed by atoms with Gasteiger partial charge < -0.3 is 136 Å². The molecule has 3 amide bonds. The first kappa shape index (κ1) is 75.4. The van der Waals surface area contributed by atoms with Crippen molar-refractivity contribution < 1.29 is 165 Å². The van der Waals surface area contributed by atoms with E-state index in [4.69, 9.17) is 43.2 Å². The second-order valence-electron chi connectivity index (χ2n) is 21.4. The molecule has 46 heteroatoms. The summed E-state index contributed by atoms with van der Waals surface area (Å²) in [6.45, 7) is -3.06. The number of hydrogen-bond donors (Lipinski definition) is 21. The molecule has 90 heavy (non-hydrogen) atoms. The van der Waals surface area contributed by atoms with Crippen molar-refractivity contribution in [1.29, 1.82) is 0 Å². The van der Waals surface area contributed by atoms with Crippen LogP contribution in [0.5, 0.6) is 0 Å². The summed E-state index contributed by atoms with van der Waals surface area (Å²) in [6.07, 6.45) is -37.3. The lowest BCUT2D eigenvalue weighted by Crippen LogP contribution is -2.70. The zero-order valence-corrected chi connectivity index (χ0v) is 50.9. The van der Waals surface area contributed by atoms with E-state index in [2.05, 4.69) is 39.7 Å². The Morgan fingerprint density at radius 2 is 1.49 bits per heavy atom. The number of thioether (sulfide) groups is 1. The largest absolute Gasteiger partial charge is 0.481 e. The first-order valence-electron chi connectivity index (χ1n) is 26.8. The smallest absolute Gasteiger partial charge is 0.394 e. The number of rotatable bonds is 30. The topological polar surface area (TPSA) is 661 Å². The maximum absolute atomic E-state index is 14.4. The second-order valence-corrected chi connectivity index (χ2v) is 26.7. The highest BCUT2D eigenvalue weighted by atomic mass is 32.2. The molecule has 0 radical (unpaired) electrons. The Balaban J connectivity index is 1.03. The number of carbonyl (C=O) groups is 4. The first-order chi connectivity index (χ1) is 41.9. The molecule has 0 aliphatic carbocycles. The van der Waals surface area contributed by atoms with Crippen LogP contribution in [0.3, 0.4) is 0 Å². The number of carbonyl (C=O) groups excluding carboxylic acids is 4. The van der Waals surface area contributed by atoms with Gasteiger partial charge in [-0.05, 0) is 0 Å². The summed E-state index contributed by atoms with van der Waals surface area (Å²) in [4.78, 5) is 104. The van der Waals surface area contributed by atoms with E-state index in [1.54, 1.807) is 0 Å². The highest BCUT2D eigenvalue weighted by Crippen LogP contribution is 2.61. The van der Waals surface area contributed by atoms with Crippen molar-refractivity contribution in [3.05, 3.63) is 12.7 Å². The molecule has 2 aromatic rings. The molecule has 0 aromatic carbocycles. The van der Waals surface area contributed by atoms with Gasteiger partial charge in [-0.2, -0.15) is 4.31 Å². The van der Waals surface area contributed by atoms with Gasteiger partial charge in [0.2, 0.25) is 28.6 Å². The van der Waals surface area contributed by atoms with Crippen LogP contribution in [0.2, 0.25) is 0 Å². The zero-order chi connectivity index (χ0) is 67.2. The Morgan fingerprint density at radius 1 is 0.822 bits per heavy atom. The van der Waals surface area contributed by atoms with Crippen LogP contribution in [0.15, 0.2) is 12.7 Å². The van der Waals surface area contributed by atoms with Crippen molar-refractivity contribution in [2.24, 2.45) is 5.41 Å². The lowest BCUT2D eigenvalue weighted by Gasteiger charge is -2.51. The summed E-state index contributed by atoms with van der Waals surface area (Å²) in [6, 6.07) is -1.66. The number of ether oxygens (including phenoxy) is 6. The number of anilines is 1. The number of nitrogens with one attached hydrogen (secondary N) is 3. The van der Waals surface area contributed by atoms with Crippen LogP contribution >= 0.6 is 35.2 Å². The molecule has 514 valence electrons. The zero-order valence-electron chi connectivity index (χ0n) is 47.4. The number of aromatic nitrogens is 4. The highest BCUT2D eigenvalue weighted by molar-refractivity contribution is 8.13. The number of phosphoric acid groups is 3. The van der Waals surface area contributed by atoms with E-state index in [0.717, 1.165) is 38.0 Å². The molecule has 23 atom stereocenters. The van der Waals surface area contributed by atoms with Gasteiger partial charge in [0.25, 0.3) is 0 Å². The Labute approximate surface area is 511 Å². The van der Waals surface area contributed by atoms with Crippen LogP contribution in [0.4, 0.5) is 5.82 Å². The van der Waals surface area contributed by atoms with E-state index in [0.29, 0.717) is 11.8 Å². The fourth-order valence-electron chi connectivity index (χ4n) is 9.54. The standard InChI is InChI=1S/C44H73N8O34P3S/c1-16(56)51-23-17(57)8-44(83-33(23)25(60)18(58)9-53,84-34-26(61)19(10-54)81-41(30(34)65)82-31-20(11-55)80-40(68)28(63)27(31)62)42(69)90-7-6-46-22(59)4-5-47-38(67)35(66)43(2,3)13-78-89(75,76)86-88(73,74)77-12-21-32(85-87(70,71)72)29(64)39(79-21)52-15-50-24-36(45)48-14-49-37(24)52/h14-15,17-21,23,25-35,39-41,53-55,57-58,60-66,68H,4-13H2,1-3H3,(H,46,59)(H,47,67)(H,51,56)(H,73,74)(H,75,76)(H2,45,48,49)(H2,70,71,72). The van der Waals surface area contributed by atoms with Crippen molar-refractivity contribution in [3.63, 3.8) is 0 Å². The lowest BCUT2D eigenvalue weighted by molar-refractivity contribution is -0.381. The number of nitrogens with zero attached hydrogens (tertiary/aromatic N) is 4. The van der Waals surface area contributed by atoms with Crippen LogP contribution in [0.1, 0.15) is 39.8 Å². The summed E-state index contributed by atoms with van der Waals surface area (Å²) in [5.41, 5.74) is 3.96. The molecule has 42 nitrogen and oxygen atoms in total. The molecule has 6 heterocycles. The van der Waals surface area contributed by atoms with E-state index in [1.165, 1.54) is 0 Å². The Bertz CT molecular complexity index is 2920. The van der Waals surface area contributed by atoms with E-state index in [-0.39, 0.29) is 17.0 Å². The van der Waals surface area contributed by atoms with E-state index in [9.17, 15) is 119 Å². The third-order valence-electron chi connectivity index (χ3n) is 14.2. The summed E-state index contributed by atoms with van der Waals surface area (Å²) < 4.78 is 91.0. The maximum Gasteiger partial charge on any atom is 0.481 e. The number of hydrogen-bond acceptors (Lipinski definition) is 35. The molecular formula is C44H73N8O34P3S. The molecule has 4 aliphatic rings. The van der Waals surface area contributed by atoms with Crippen molar-refractivity contribution in [1.82, 2.24) is 35.5 Å². The van der Waals surface area contributed by atoms with Crippen molar-refractivity contribution in [2.75, 3.05) is 57.6 Å². The van der Waals surface area contributed by atoms with Crippen LogP contribution < -0.4 is 21.7 Å². The van der Waals surface area contributed by atoms with E-state index >= 15 is 0 Å². The third kappa shape index (κ3) is 18.6. The predicted octanol–water partition coefficient (Wildman–Crippen LogP) is -9.63. The Hall–Kier alpha value is -3.61. The van der Waals surface area contributed by atoms with Crippen LogP contribution in [0.25, 0.3) is 11.2 Å². The first-order valence-corrected chi connectivity index (χ1v) is 32.3. The van der Waals surface area contributed by atoms with Crippen LogP contribution in [-0.4, -0.2) is 302 Å². The fourth-order valence-corrected chi connectivity index (χ4v) is 13.2. The summed E-state index contributed by atoms with van der Waals surface area (Å²) >= 11 is 0.306. The summed E-state index contributed by atoms with van der Waals surface area (Å²) in [5, 5.41) is 144. The molecule has 4 aliphatic heterocycles. The minimum atomic E-state index is -5.72. The predicted molar refractivity (Wildman–Crippen MR) is 290 cm³/mol. The molecule has 0 saturated carbocycles. The molecule has 22 N–H and O–H groups in total. The van der Waals surface area contributed by atoms with Gasteiger partial charge in [-0.15, -0.1) is 0 Å². The number of nitrogens with two attached hydrogens (primary N) is 1. The van der Waals surface area contributed by atoms with Crippen molar-refractivity contribution in [3.8, 4) is 0 Å². The van der Waals surface area contributed by atoms with Gasteiger partial charge in [0.15, 0.2) is 30.3 Å². The van der Waals surface area contributed by atoms with Crippen LogP contribution in [-0.2, 0) is 79.2 Å². The number of phosphoric ester groups is 3. The summed E-state index contributed by atoms with van der Waals surface area (Å²) in [7, 11) is -16.8. The lowest BCUT2D eigenvalue weighted by atomic mass is 9.87. The van der Waals surface area contributed by atoms with Gasteiger partial charge in [0.1, 0.15) is 103 Å². The average molecular weight is 1380 g/mol. The number of nitrogen functional groups attached to an aromatic ring is 1. The molecule has 0 bridgehead atoms. The van der Waals surface area contributed by atoms with Gasteiger partial charge in [-0.3, -0.25) is 37.3 Å². The Morgan fingerprint density at radius 3 is 2.12 bits per heavy atom. The molecule has 4 fully saturated rings. The number of amides is 3. The number of aliphatic hydroxyl groups excluding tert-OH is 13. The molecule has 0 spiro atoms. The fraction of sp³-hybridized carbons (Fsp3) is 0.795. The van der Waals surface area contributed by atoms with Crippen molar-refractivity contribution in [2.45, 2.75) is 162 Å². The molecule has 6 rings (SSSR count). The molecular weight excluding hydrogens is 1310 g/mol. The third-order valence-corrected chi connectivity index (χ3v) is 18.3. The molecule has 23 unspecified atom stereocenters. The quantitative estimate of drug-likeness (QED) is 0.0255. The minimum Gasteiger partial charge on any atom is -0.394 e. The van der Waals surface area contributed by atoms with Gasteiger partial charge >= 0.3 is 23.5 Å². The van der Waals surface area contributed by atoms with Crippen LogP contribution in [0, 0.1) is 5.41 Å². The number of imidazole rings is 1. The maximum atomic E-state index is 14.4. The van der Waals surface area contributed by atoms with E-state index < -0.39 is 245 Å². The minimum absolute atomic E-state index is 0.0287. The van der Waals surface area contributed by atoms with Gasteiger partial charge in [0, 0.05) is 44.0 Å². The van der Waals surface area contributed by atoms with E-state index in [1.807, 2.05) is 0 Å². The van der Waals surface area contributed by atoms with Gasteiger partial charge in [-0.25, -0.2) is 28.6 Å². The summed E-state index contributed by atoms with van der Waals surface area (Å²) in [5.74, 6) is -6.27. The SMILES string of the molecule is CC(=O)NC1C(O)CC(OC2C(O)C(CO)OC(OC3C(CO)OC(O)C(O)C3O)C2O)(C(=O)SCCNC(=O)CCNC(=O)C(O)C(C)(C)COP(=O)(O)OP(=O)(O)OCC2OC(n3cnc4c(N)ncnc43)C(O)C2OP(=O)(O)O)OC1C(O)C(O)CO. The normalized spacial score (nSPS) is 34.2. The number of aliphatic hydroxyl groups is 13. The van der Waals surface area contributed by atoms with Gasteiger partial charge in [0.05, 0.1) is 51.5 Å². The monoisotopic (exact) mass is 1380 g/mol. The Kier molecular flexibility index (Phi) is 26.2. The highest BCUT2D eigenvalue weighted by Gasteiger charge is 2.60. The van der Waals surface area contributed by atoms with Gasteiger partial charge in [-0.1, -0.05) is 25.6 Å². The number of fused-ring (bicyclic) bond motifs is 1. The average Bonchev–Trinajstić information content (AvgIpc) is 1.07. The molecule has 2 aromatic heterocycles. The second kappa shape index (κ2) is 31.3.